The SMILES string of the molecule is COC(=O)c1c(COc2ccccc2Cl)nc2ccccc2c1C. The van der Waals surface area contributed by atoms with Gasteiger partial charge >= 0.3 is 5.97 Å². The molecule has 122 valence electrons. The molecule has 0 fully saturated rings. The average molecular weight is 342 g/mol. The zero-order valence-electron chi connectivity index (χ0n) is 13.4. The fourth-order valence-corrected chi connectivity index (χ4v) is 2.82. The number of ether oxygens (including phenoxy) is 2. The predicted molar refractivity (Wildman–Crippen MR) is 93.6 cm³/mol. The molecule has 0 unspecified atom stereocenters. The lowest BCUT2D eigenvalue weighted by atomic mass is 10.0. The summed E-state index contributed by atoms with van der Waals surface area (Å²) in [5.74, 6) is 0.117. The van der Waals surface area contributed by atoms with E-state index in [0.717, 1.165) is 16.5 Å². The number of halogens is 1. The van der Waals surface area contributed by atoms with Crippen LogP contribution in [0.1, 0.15) is 21.6 Å². The Morgan fingerprint density at radius 3 is 2.58 bits per heavy atom. The van der Waals surface area contributed by atoms with Crippen LogP contribution in [0.3, 0.4) is 0 Å². The molecule has 0 bridgehead atoms. The minimum atomic E-state index is -0.427. The van der Waals surface area contributed by atoms with Crippen molar-refractivity contribution in [3.8, 4) is 5.75 Å². The van der Waals surface area contributed by atoms with Gasteiger partial charge in [0, 0.05) is 5.39 Å². The molecule has 0 aliphatic carbocycles. The topological polar surface area (TPSA) is 48.4 Å². The van der Waals surface area contributed by atoms with Crippen molar-refractivity contribution in [1.82, 2.24) is 4.98 Å². The van der Waals surface area contributed by atoms with Gasteiger partial charge in [0.2, 0.25) is 0 Å². The highest BCUT2D eigenvalue weighted by Gasteiger charge is 2.20. The summed E-state index contributed by atoms with van der Waals surface area (Å²) in [5, 5.41) is 1.43. The Hall–Kier alpha value is -2.59. The standard InChI is InChI=1S/C19H16ClNO3/c1-12-13-7-3-5-9-15(13)21-16(18(12)19(22)23-2)11-24-17-10-6-4-8-14(17)20/h3-10H,11H2,1-2H3. The molecule has 0 amide bonds. The second kappa shape index (κ2) is 6.89. The first-order chi connectivity index (χ1) is 11.6. The molecule has 3 rings (SSSR count). The second-order valence-electron chi connectivity index (χ2n) is 5.29. The molecule has 3 aromatic rings. The van der Waals surface area contributed by atoms with Gasteiger partial charge in [0.25, 0.3) is 0 Å². The first-order valence-electron chi connectivity index (χ1n) is 7.45. The van der Waals surface area contributed by atoms with Gasteiger partial charge in [0.05, 0.1) is 28.9 Å². The van der Waals surface area contributed by atoms with E-state index < -0.39 is 5.97 Å². The zero-order valence-corrected chi connectivity index (χ0v) is 14.1. The van der Waals surface area contributed by atoms with E-state index in [9.17, 15) is 4.79 Å². The van der Waals surface area contributed by atoms with E-state index in [0.29, 0.717) is 22.0 Å². The number of pyridine rings is 1. The maximum atomic E-state index is 12.2. The number of rotatable bonds is 4. The summed E-state index contributed by atoms with van der Waals surface area (Å²) < 4.78 is 10.7. The van der Waals surface area contributed by atoms with E-state index >= 15 is 0 Å². The van der Waals surface area contributed by atoms with Crippen LogP contribution < -0.4 is 4.74 Å². The lowest BCUT2D eigenvalue weighted by Gasteiger charge is -2.14. The van der Waals surface area contributed by atoms with Crippen molar-refractivity contribution in [3.63, 3.8) is 0 Å². The quantitative estimate of drug-likeness (QED) is 0.652. The lowest BCUT2D eigenvalue weighted by molar-refractivity contribution is 0.0596. The highest BCUT2D eigenvalue weighted by Crippen LogP contribution is 2.27. The number of carbonyl (C=O) groups is 1. The van der Waals surface area contributed by atoms with E-state index in [1.54, 1.807) is 12.1 Å². The third kappa shape index (κ3) is 3.05. The summed E-state index contributed by atoms with van der Waals surface area (Å²) in [6.07, 6.45) is 0. The highest BCUT2D eigenvalue weighted by molar-refractivity contribution is 6.32. The summed E-state index contributed by atoms with van der Waals surface area (Å²) in [7, 11) is 1.36. The molecule has 0 saturated carbocycles. The average Bonchev–Trinajstić information content (AvgIpc) is 2.60. The first kappa shape index (κ1) is 16.3. The Kier molecular flexibility index (Phi) is 4.67. The summed E-state index contributed by atoms with van der Waals surface area (Å²) >= 11 is 6.11. The normalized spacial score (nSPS) is 10.6. The Labute approximate surface area is 145 Å². The van der Waals surface area contributed by atoms with Gasteiger partial charge < -0.3 is 9.47 Å². The third-order valence-corrected chi connectivity index (χ3v) is 4.13. The van der Waals surface area contributed by atoms with Crippen molar-refractivity contribution >= 4 is 28.5 Å². The summed E-state index contributed by atoms with van der Waals surface area (Å²) in [6.45, 7) is 2.01. The van der Waals surface area contributed by atoms with Gasteiger partial charge in [-0.05, 0) is 30.7 Å². The van der Waals surface area contributed by atoms with Gasteiger partial charge in [-0.1, -0.05) is 41.9 Å². The van der Waals surface area contributed by atoms with Gasteiger partial charge in [-0.3, -0.25) is 0 Å². The van der Waals surface area contributed by atoms with E-state index in [4.69, 9.17) is 21.1 Å². The number of benzene rings is 2. The van der Waals surface area contributed by atoms with Gasteiger partial charge in [-0.15, -0.1) is 0 Å². The van der Waals surface area contributed by atoms with Crippen LogP contribution in [0.2, 0.25) is 5.02 Å². The van der Waals surface area contributed by atoms with Crippen molar-refractivity contribution in [3.05, 3.63) is 70.4 Å². The van der Waals surface area contributed by atoms with Crippen molar-refractivity contribution in [2.75, 3.05) is 7.11 Å². The fraction of sp³-hybridized carbons (Fsp3) is 0.158. The number of aromatic nitrogens is 1. The molecule has 4 nitrogen and oxygen atoms in total. The summed E-state index contributed by atoms with van der Waals surface area (Å²) in [5.41, 5.74) is 2.59. The van der Waals surface area contributed by atoms with Gasteiger partial charge in [-0.2, -0.15) is 0 Å². The number of nitrogens with zero attached hydrogens (tertiary/aromatic N) is 1. The number of carbonyl (C=O) groups excluding carboxylic acids is 1. The lowest BCUT2D eigenvalue weighted by Crippen LogP contribution is -2.13. The molecule has 24 heavy (non-hydrogen) atoms. The van der Waals surface area contributed by atoms with Crippen molar-refractivity contribution in [1.29, 1.82) is 0 Å². The second-order valence-corrected chi connectivity index (χ2v) is 5.69. The maximum Gasteiger partial charge on any atom is 0.340 e. The summed E-state index contributed by atoms with van der Waals surface area (Å²) in [4.78, 5) is 16.8. The Balaban J connectivity index is 2.05. The van der Waals surface area contributed by atoms with Crippen LogP contribution in [0.4, 0.5) is 0 Å². The summed E-state index contributed by atoms with van der Waals surface area (Å²) in [6, 6.07) is 14.8. The highest BCUT2D eigenvalue weighted by atomic mass is 35.5. The van der Waals surface area contributed by atoms with Crippen LogP contribution in [-0.2, 0) is 11.3 Å². The molecular weight excluding hydrogens is 326 g/mol. The molecule has 2 aromatic carbocycles. The van der Waals surface area contributed by atoms with Crippen molar-refractivity contribution < 1.29 is 14.3 Å². The number of esters is 1. The number of hydrogen-bond acceptors (Lipinski definition) is 4. The number of fused-ring (bicyclic) bond motifs is 1. The van der Waals surface area contributed by atoms with Crippen LogP contribution in [0.5, 0.6) is 5.75 Å². The minimum Gasteiger partial charge on any atom is -0.486 e. The largest absolute Gasteiger partial charge is 0.486 e. The van der Waals surface area contributed by atoms with E-state index in [1.165, 1.54) is 7.11 Å². The van der Waals surface area contributed by atoms with Crippen molar-refractivity contribution in [2.24, 2.45) is 0 Å². The van der Waals surface area contributed by atoms with Crippen LogP contribution >= 0.6 is 11.6 Å². The van der Waals surface area contributed by atoms with Gasteiger partial charge in [-0.25, -0.2) is 9.78 Å². The predicted octanol–water partition coefficient (Wildman–Crippen LogP) is 4.56. The first-order valence-corrected chi connectivity index (χ1v) is 7.83. The molecule has 0 spiro atoms. The zero-order chi connectivity index (χ0) is 17.1. The molecule has 1 aromatic heterocycles. The van der Waals surface area contributed by atoms with Gasteiger partial charge in [0.1, 0.15) is 12.4 Å². The Morgan fingerprint density at radius 2 is 1.83 bits per heavy atom. The molecule has 0 aliphatic heterocycles. The van der Waals surface area contributed by atoms with E-state index in [-0.39, 0.29) is 6.61 Å². The fourth-order valence-electron chi connectivity index (χ4n) is 2.63. The molecule has 5 heteroatoms. The molecular formula is C19H16ClNO3. The number of aryl methyl sites for hydroxylation is 1. The van der Waals surface area contributed by atoms with Crippen LogP contribution in [0.25, 0.3) is 10.9 Å². The number of hydrogen-bond donors (Lipinski definition) is 0. The monoisotopic (exact) mass is 341 g/mol. The third-order valence-electron chi connectivity index (χ3n) is 3.82. The van der Waals surface area contributed by atoms with Crippen LogP contribution in [-0.4, -0.2) is 18.1 Å². The van der Waals surface area contributed by atoms with E-state index in [2.05, 4.69) is 4.98 Å². The number of methoxy groups -OCH3 is 1. The van der Waals surface area contributed by atoms with Crippen LogP contribution in [0, 0.1) is 6.92 Å². The molecule has 0 aliphatic rings. The molecule has 0 saturated heterocycles. The Morgan fingerprint density at radius 1 is 1.12 bits per heavy atom. The van der Waals surface area contributed by atoms with Crippen molar-refractivity contribution in [2.45, 2.75) is 13.5 Å². The molecule has 0 atom stereocenters. The Bertz CT molecular complexity index is 908. The smallest absolute Gasteiger partial charge is 0.340 e. The minimum absolute atomic E-state index is 0.125. The van der Waals surface area contributed by atoms with Gasteiger partial charge in [0.15, 0.2) is 0 Å². The molecule has 0 radical (unpaired) electrons. The number of para-hydroxylation sites is 2. The maximum absolute atomic E-state index is 12.2. The molecule has 1 heterocycles. The van der Waals surface area contributed by atoms with Crippen LogP contribution in [0.15, 0.2) is 48.5 Å². The van der Waals surface area contributed by atoms with E-state index in [1.807, 2.05) is 43.3 Å². The molecule has 0 N–H and O–H groups in total.